The van der Waals surface area contributed by atoms with Crippen LogP contribution < -0.4 is 0 Å². The second kappa shape index (κ2) is 4.37. The molecule has 4 atom stereocenters. The van der Waals surface area contributed by atoms with Gasteiger partial charge in [0.25, 0.3) is 0 Å². The van der Waals surface area contributed by atoms with Crippen molar-refractivity contribution in [2.45, 2.75) is 24.5 Å². The molecule has 2 heterocycles. The van der Waals surface area contributed by atoms with Crippen molar-refractivity contribution in [2.24, 2.45) is 0 Å². The lowest BCUT2D eigenvalue weighted by atomic mass is 10.1. The first-order chi connectivity index (χ1) is 8.41. The van der Waals surface area contributed by atoms with Gasteiger partial charge in [-0.3, -0.25) is 0 Å². The summed E-state index contributed by atoms with van der Waals surface area (Å²) in [5, 5.41) is 39.0. The predicted octanol–water partition coefficient (Wildman–Crippen LogP) is -1.60. The van der Waals surface area contributed by atoms with E-state index in [0.29, 0.717) is 4.57 Å². The number of hydrogen-bond acceptors (Lipinski definition) is 7. The van der Waals surface area contributed by atoms with Gasteiger partial charge in [-0.25, -0.2) is 4.98 Å². The van der Waals surface area contributed by atoms with Crippen molar-refractivity contribution in [3.63, 3.8) is 0 Å². The summed E-state index contributed by atoms with van der Waals surface area (Å²) in [5.74, 6) is -0.560. The molecule has 0 aliphatic carbocycles. The minimum absolute atomic E-state index is 0.560. The number of ether oxygens (including phenoxy) is 1. The highest BCUT2D eigenvalue weighted by molar-refractivity contribution is 5.16. The largest absolute Gasteiger partial charge is 0.394 e. The Kier molecular flexibility index (Phi) is 2.73. The van der Waals surface area contributed by atoms with Crippen LogP contribution in [0.15, 0.2) is 12.5 Å². The minimum Gasteiger partial charge on any atom is -0.394 e. The predicted molar refractivity (Wildman–Crippen MR) is 51.9 cm³/mol. The van der Waals surface area contributed by atoms with Crippen LogP contribution >= 0.6 is 0 Å². The summed E-state index contributed by atoms with van der Waals surface area (Å²) in [6, 6.07) is 0. The van der Waals surface area contributed by atoms with Gasteiger partial charge in [-0.1, -0.05) is 0 Å². The molecule has 1 aliphatic rings. The Morgan fingerprint density at radius 3 is 2.88 bits per heavy atom. The van der Waals surface area contributed by atoms with Crippen molar-refractivity contribution in [3.8, 4) is 0 Å². The van der Waals surface area contributed by atoms with Gasteiger partial charge in [0.1, 0.15) is 25.9 Å². The molecule has 3 N–H and O–H groups in total. The molecule has 1 aromatic rings. The normalized spacial score (nSPS) is 38.1. The van der Waals surface area contributed by atoms with Crippen molar-refractivity contribution in [3.05, 3.63) is 22.6 Å². The number of aromatic nitrogens is 2. The van der Waals surface area contributed by atoms with Crippen molar-refractivity contribution >= 4 is 5.82 Å². The lowest BCUT2D eigenvalue weighted by molar-refractivity contribution is -0.394. The topological polar surface area (TPSA) is 131 Å². The monoisotopic (exact) mass is 246 g/mol. The van der Waals surface area contributed by atoms with Crippen LogP contribution in [0.3, 0.4) is 0 Å². The van der Waals surface area contributed by atoms with E-state index in [2.05, 4.69) is 4.98 Å². The molecule has 0 aromatic carbocycles. The second-order valence-electron chi connectivity index (χ2n) is 3.49. The Morgan fingerprint density at radius 1 is 1.65 bits per heavy atom. The van der Waals surface area contributed by atoms with Gasteiger partial charge >= 0.3 is 5.82 Å². The van der Waals surface area contributed by atoms with Crippen molar-refractivity contribution in [1.82, 2.24) is 9.55 Å². The van der Waals surface area contributed by atoms with Crippen LogP contribution in [0.1, 0.15) is 7.57 Å². The fourth-order valence-corrected chi connectivity index (χ4v) is 1.58. The molecule has 0 saturated carbocycles. The van der Waals surface area contributed by atoms with E-state index in [-0.39, 0.29) is 0 Å². The first-order valence-corrected chi connectivity index (χ1v) is 4.74. The van der Waals surface area contributed by atoms with Gasteiger partial charge in [-0.2, -0.15) is 4.57 Å². The van der Waals surface area contributed by atoms with Gasteiger partial charge in [-0.15, -0.1) is 0 Å². The molecule has 1 fully saturated rings. The van der Waals surface area contributed by atoms with Gasteiger partial charge < -0.3 is 30.2 Å². The average Bonchev–Trinajstić information content (AvgIpc) is 2.90. The lowest BCUT2D eigenvalue weighted by Crippen LogP contribution is -2.33. The number of aliphatic hydroxyl groups excluding tert-OH is 3. The van der Waals surface area contributed by atoms with E-state index in [1.807, 2.05) is 0 Å². The summed E-state index contributed by atoms with van der Waals surface area (Å²) in [6.45, 7) is -0.624. The number of nitrogens with zero attached hydrogens (tertiary/aromatic N) is 3. The van der Waals surface area contributed by atoms with Crippen LogP contribution in [0.4, 0.5) is 5.82 Å². The van der Waals surface area contributed by atoms with Gasteiger partial charge in [0.2, 0.25) is 6.20 Å². The minimum atomic E-state index is -2.30. The molecule has 1 saturated heterocycles. The Labute approximate surface area is 96.4 Å². The molecular weight excluding hydrogens is 234 g/mol. The summed E-state index contributed by atoms with van der Waals surface area (Å²) < 4.78 is 13.6. The standard InChI is InChI=1S/C8H11N3O6/c12-2-4-6(13)7(14)8(17-4)10-3-9-1-5(10)11(15)16/h1,3-4,6-8,12-14H,2H2/t4-,6-,7-,8-/m1/s1/i8D. The van der Waals surface area contributed by atoms with Crippen molar-refractivity contribution < 1.29 is 26.4 Å². The van der Waals surface area contributed by atoms with Gasteiger partial charge in [-0.05, 0) is 4.92 Å². The third-order valence-electron chi connectivity index (χ3n) is 2.45. The molecule has 0 amide bonds. The van der Waals surface area contributed by atoms with Crippen LogP contribution in [0.25, 0.3) is 0 Å². The molecule has 17 heavy (non-hydrogen) atoms. The molecule has 9 nitrogen and oxygen atoms in total. The van der Waals surface area contributed by atoms with E-state index in [4.69, 9.17) is 11.2 Å². The number of aliphatic hydroxyl groups is 3. The van der Waals surface area contributed by atoms with E-state index in [1.54, 1.807) is 0 Å². The van der Waals surface area contributed by atoms with E-state index >= 15 is 0 Å². The third kappa shape index (κ3) is 1.89. The zero-order valence-electron chi connectivity index (χ0n) is 9.50. The van der Waals surface area contributed by atoms with E-state index in [1.165, 1.54) is 0 Å². The van der Waals surface area contributed by atoms with Crippen LogP contribution in [0, 0.1) is 10.1 Å². The first-order valence-electron chi connectivity index (χ1n) is 5.24. The third-order valence-corrected chi connectivity index (χ3v) is 2.45. The Hall–Kier alpha value is -1.55. The van der Waals surface area contributed by atoms with Gasteiger partial charge in [0.05, 0.1) is 6.61 Å². The number of imidazole rings is 1. The Bertz CT molecular complexity index is 467. The van der Waals surface area contributed by atoms with Crippen LogP contribution in [-0.2, 0) is 4.74 Å². The van der Waals surface area contributed by atoms with Gasteiger partial charge in [0, 0.05) is 0 Å². The summed E-state index contributed by atoms with van der Waals surface area (Å²) in [5.41, 5.74) is 0. The molecule has 1 aromatic heterocycles. The summed E-state index contributed by atoms with van der Waals surface area (Å²) >= 11 is 0. The van der Waals surface area contributed by atoms with E-state index < -0.39 is 41.9 Å². The quantitative estimate of drug-likeness (QED) is 0.432. The molecule has 94 valence electrons. The molecule has 0 bridgehead atoms. The molecule has 1 aliphatic heterocycles. The fourth-order valence-electron chi connectivity index (χ4n) is 1.58. The highest BCUT2D eigenvalue weighted by atomic mass is 16.6. The maximum atomic E-state index is 10.7. The summed E-state index contributed by atoms with van der Waals surface area (Å²) in [7, 11) is 0. The lowest BCUT2D eigenvalue weighted by Gasteiger charge is -2.12. The van der Waals surface area contributed by atoms with Crippen molar-refractivity contribution in [2.75, 3.05) is 6.61 Å². The SMILES string of the molecule is [2H][C@@]1(n2cncc2[N+](=O)[O-])O[C@H](CO)[C@@H](O)[C@H]1O. The molecule has 0 spiro atoms. The second-order valence-corrected chi connectivity index (χ2v) is 3.49. The Morgan fingerprint density at radius 2 is 2.35 bits per heavy atom. The number of rotatable bonds is 3. The van der Waals surface area contributed by atoms with Crippen molar-refractivity contribution in [1.29, 1.82) is 0 Å². The summed E-state index contributed by atoms with van der Waals surface area (Å²) in [4.78, 5) is 13.4. The van der Waals surface area contributed by atoms with Crippen LogP contribution in [0.5, 0.6) is 0 Å². The highest BCUT2D eigenvalue weighted by Crippen LogP contribution is 2.31. The summed E-state index contributed by atoms with van der Waals surface area (Å²) in [6.07, 6.45) is -4.92. The smallest absolute Gasteiger partial charge is 0.344 e. The molecular formula is C8H11N3O6. The first kappa shape index (κ1) is 10.6. The zero-order valence-corrected chi connectivity index (χ0v) is 8.50. The average molecular weight is 246 g/mol. The maximum Gasteiger partial charge on any atom is 0.344 e. The fraction of sp³-hybridized carbons (Fsp3) is 0.625. The van der Waals surface area contributed by atoms with E-state index in [0.717, 1.165) is 12.5 Å². The number of hydrogen-bond donors (Lipinski definition) is 3. The number of nitro groups is 1. The van der Waals surface area contributed by atoms with E-state index in [9.17, 15) is 20.3 Å². The van der Waals surface area contributed by atoms with Crippen LogP contribution in [-0.4, -0.2) is 54.7 Å². The van der Waals surface area contributed by atoms with Crippen LogP contribution in [0.2, 0.25) is 0 Å². The molecule has 0 unspecified atom stereocenters. The maximum absolute atomic E-state index is 10.7. The molecule has 2 rings (SSSR count). The molecule has 0 radical (unpaired) electrons. The highest BCUT2D eigenvalue weighted by Gasteiger charge is 2.47. The van der Waals surface area contributed by atoms with Gasteiger partial charge in [0.15, 0.2) is 6.33 Å². The molecule has 9 heteroatoms. The zero-order chi connectivity index (χ0) is 13.5. The Balaban J connectivity index is 2.43.